The molecule has 0 aliphatic carbocycles. The molecule has 1 atom stereocenters. The lowest BCUT2D eigenvalue weighted by Crippen LogP contribution is -2.45. The van der Waals surface area contributed by atoms with Gasteiger partial charge < -0.3 is 5.32 Å². The molecular weight excluding hydrogens is 248 g/mol. The number of aryl methyl sites for hydroxylation is 1. The Labute approximate surface area is 122 Å². The standard InChI is InChI=1S/C17H26N2O/c1-13-4-6-16(7-5-13)17(20)18-12-15(3)19-10-8-14(2)9-11-19/h4-7,14-15H,8-12H2,1-3H3,(H,18,20). The van der Waals surface area contributed by atoms with Crippen LogP contribution in [0.2, 0.25) is 0 Å². The van der Waals surface area contributed by atoms with Crippen LogP contribution in [0.3, 0.4) is 0 Å². The summed E-state index contributed by atoms with van der Waals surface area (Å²) in [4.78, 5) is 14.5. The summed E-state index contributed by atoms with van der Waals surface area (Å²) in [5, 5.41) is 3.05. The molecule has 1 unspecified atom stereocenters. The molecular formula is C17H26N2O. The van der Waals surface area contributed by atoms with E-state index in [0.717, 1.165) is 31.1 Å². The van der Waals surface area contributed by atoms with E-state index >= 15 is 0 Å². The Morgan fingerprint density at radius 3 is 2.50 bits per heavy atom. The minimum Gasteiger partial charge on any atom is -0.350 e. The molecule has 0 bridgehead atoms. The van der Waals surface area contributed by atoms with Gasteiger partial charge in [0.15, 0.2) is 0 Å². The summed E-state index contributed by atoms with van der Waals surface area (Å²) in [6, 6.07) is 8.14. The van der Waals surface area contributed by atoms with Gasteiger partial charge >= 0.3 is 0 Å². The van der Waals surface area contributed by atoms with Gasteiger partial charge in [-0.3, -0.25) is 9.69 Å². The first kappa shape index (κ1) is 15.0. The molecule has 1 saturated heterocycles. The van der Waals surface area contributed by atoms with Crippen LogP contribution in [0.25, 0.3) is 0 Å². The van der Waals surface area contributed by atoms with Crippen LogP contribution in [0.1, 0.15) is 42.6 Å². The number of carbonyl (C=O) groups excluding carboxylic acids is 1. The lowest BCUT2D eigenvalue weighted by atomic mass is 9.98. The van der Waals surface area contributed by atoms with Gasteiger partial charge in [-0.05, 0) is 57.8 Å². The highest BCUT2D eigenvalue weighted by Gasteiger charge is 2.20. The van der Waals surface area contributed by atoms with E-state index in [-0.39, 0.29) is 5.91 Å². The van der Waals surface area contributed by atoms with Gasteiger partial charge in [-0.25, -0.2) is 0 Å². The third-order valence-electron chi connectivity index (χ3n) is 4.31. The molecule has 2 rings (SSSR count). The summed E-state index contributed by atoms with van der Waals surface area (Å²) in [6.07, 6.45) is 2.55. The molecule has 1 fully saturated rings. The van der Waals surface area contributed by atoms with Crippen LogP contribution < -0.4 is 5.32 Å². The maximum absolute atomic E-state index is 12.1. The highest BCUT2D eigenvalue weighted by atomic mass is 16.1. The fraction of sp³-hybridized carbons (Fsp3) is 0.588. The van der Waals surface area contributed by atoms with Crippen LogP contribution in [-0.2, 0) is 0 Å². The molecule has 1 aromatic rings. The van der Waals surface area contributed by atoms with Crippen molar-refractivity contribution < 1.29 is 4.79 Å². The van der Waals surface area contributed by atoms with E-state index in [0.29, 0.717) is 6.04 Å². The second-order valence-electron chi connectivity index (χ2n) is 6.14. The summed E-state index contributed by atoms with van der Waals surface area (Å²) < 4.78 is 0. The average molecular weight is 274 g/mol. The van der Waals surface area contributed by atoms with Crippen LogP contribution >= 0.6 is 0 Å². The van der Waals surface area contributed by atoms with Crippen LogP contribution in [-0.4, -0.2) is 36.5 Å². The van der Waals surface area contributed by atoms with Gasteiger partial charge in [0.2, 0.25) is 0 Å². The molecule has 20 heavy (non-hydrogen) atoms. The molecule has 3 nitrogen and oxygen atoms in total. The largest absolute Gasteiger partial charge is 0.350 e. The van der Waals surface area contributed by atoms with Crippen molar-refractivity contribution in [1.82, 2.24) is 10.2 Å². The predicted octanol–water partition coefficient (Wildman–Crippen LogP) is 2.85. The molecule has 1 N–H and O–H groups in total. The van der Waals surface area contributed by atoms with Crippen molar-refractivity contribution in [1.29, 1.82) is 0 Å². The number of likely N-dealkylation sites (tertiary alicyclic amines) is 1. The first-order valence-electron chi connectivity index (χ1n) is 7.65. The molecule has 3 heteroatoms. The second-order valence-corrected chi connectivity index (χ2v) is 6.14. The zero-order valence-corrected chi connectivity index (χ0v) is 12.9. The minimum absolute atomic E-state index is 0.0298. The van der Waals surface area contributed by atoms with Crippen LogP contribution in [0.15, 0.2) is 24.3 Å². The molecule has 1 aliphatic heterocycles. The Morgan fingerprint density at radius 1 is 1.30 bits per heavy atom. The van der Waals surface area contributed by atoms with Crippen molar-refractivity contribution in [3.05, 3.63) is 35.4 Å². The summed E-state index contributed by atoms with van der Waals surface area (Å²) in [5.41, 5.74) is 1.92. The number of hydrogen-bond donors (Lipinski definition) is 1. The number of benzene rings is 1. The predicted molar refractivity (Wildman–Crippen MR) is 82.9 cm³/mol. The highest BCUT2D eigenvalue weighted by molar-refractivity contribution is 5.94. The Morgan fingerprint density at radius 2 is 1.90 bits per heavy atom. The monoisotopic (exact) mass is 274 g/mol. The smallest absolute Gasteiger partial charge is 0.251 e. The summed E-state index contributed by atoms with van der Waals surface area (Å²) >= 11 is 0. The maximum Gasteiger partial charge on any atom is 0.251 e. The van der Waals surface area contributed by atoms with Gasteiger partial charge in [0.25, 0.3) is 5.91 Å². The molecule has 0 aromatic heterocycles. The summed E-state index contributed by atoms with van der Waals surface area (Å²) in [6.45, 7) is 9.58. The molecule has 1 heterocycles. The second kappa shape index (κ2) is 6.89. The molecule has 1 aromatic carbocycles. The Bertz CT molecular complexity index is 433. The number of amides is 1. The minimum atomic E-state index is 0.0298. The zero-order chi connectivity index (χ0) is 14.5. The van der Waals surface area contributed by atoms with E-state index in [4.69, 9.17) is 0 Å². The summed E-state index contributed by atoms with van der Waals surface area (Å²) in [7, 11) is 0. The van der Waals surface area contributed by atoms with E-state index in [2.05, 4.69) is 24.1 Å². The molecule has 110 valence electrons. The van der Waals surface area contributed by atoms with Crippen LogP contribution in [0.5, 0.6) is 0 Å². The molecule has 0 radical (unpaired) electrons. The Hall–Kier alpha value is -1.35. The lowest BCUT2D eigenvalue weighted by Gasteiger charge is -2.35. The highest BCUT2D eigenvalue weighted by Crippen LogP contribution is 2.17. The van der Waals surface area contributed by atoms with Crippen molar-refractivity contribution in [2.75, 3.05) is 19.6 Å². The van der Waals surface area contributed by atoms with Crippen molar-refractivity contribution in [2.24, 2.45) is 5.92 Å². The number of nitrogens with zero attached hydrogens (tertiary/aromatic N) is 1. The van der Waals surface area contributed by atoms with Gasteiger partial charge in [0, 0.05) is 18.2 Å². The third kappa shape index (κ3) is 4.07. The van der Waals surface area contributed by atoms with Crippen molar-refractivity contribution in [2.45, 2.75) is 39.7 Å². The first-order chi connectivity index (χ1) is 9.56. The number of carbonyl (C=O) groups is 1. The van der Waals surface area contributed by atoms with E-state index < -0.39 is 0 Å². The van der Waals surface area contributed by atoms with E-state index in [1.165, 1.54) is 18.4 Å². The SMILES string of the molecule is Cc1ccc(C(=O)NCC(C)N2CCC(C)CC2)cc1. The third-order valence-corrected chi connectivity index (χ3v) is 4.31. The summed E-state index contributed by atoms with van der Waals surface area (Å²) in [5.74, 6) is 0.878. The quantitative estimate of drug-likeness (QED) is 0.915. The van der Waals surface area contributed by atoms with Gasteiger partial charge in [-0.15, -0.1) is 0 Å². The number of piperidine rings is 1. The van der Waals surface area contributed by atoms with Crippen LogP contribution in [0, 0.1) is 12.8 Å². The first-order valence-corrected chi connectivity index (χ1v) is 7.65. The van der Waals surface area contributed by atoms with E-state index in [1.54, 1.807) is 0 Å². The van der Waals surface area contributed by atoms with Gasteiger partial charge in [0.05, 0.1) is 0 Å². The van der Waals surface area contributed by atoms with E-state index in [9.17, 15) is 4.79 Å². The molecule has 1 aliphatic rings. The van der Waals surface area contributed by atoms with Gasteiger partial charge in [-0.2, -0.15) is 0 Å². The Kier molecular flexibility index (Phi) is 5.18. The maximum atomic E-state index is 12.1. The fourth-order valence-corrected chi connectivity index (χ4v) is 2.65. The van der Waals surface area contributed by atoms with E-state index in [1.807, 2.05) is 31.2 Å². The topological polar surface area (TPSA) is 32.3 Å². The molecule has 0 saturated carbocycles. The van der Waals surface area contributed by atoms with Crippen molar-refractivity contribution in [3.63, 3.8) is 0 Å². The average Bonchev–Trinajstić information content (AvgIpc) is 2.46. The van der Waals surface area contributed by atoms with Gasteiger partial charge in [0.1, 0.15) is 0 Å². The van der Waals surface area contributed by atoms with Crippen LogP contribution in [0.4, 0.5) is 0 Å². The fourth-order valence-electron chi connectivity index (χ4n) is 2.65. The number of hydrogen-bond acceptors (Lipinski definition) is 2. The zero-order valence-electron chi connectivity index (χ0n) is 12.9. The van der Waals surface area contributed by atoms with Crippen molar-refractivity contribution in [3.8, 4) is 0 Å². The van der Waals surface area contributed by atoms with Crippen molar-refractivity contribution >= 4 is 5.91 Å². The lowest BCUT2D eigenvalue weighted by molar-refractivity contribution is 0.0921. The number of nitrogens with one attached hydrogen (secondary N) is 1. The Balaban J connectivity index is 1.79. The normalized spacial score (nSPS) is 18.8. The van der Waals surface area contributed by atoms with Gasteiger partial charge in [-0.1, -0.05) is 24.6 Å². The molecule has 0 spiro atoms. The molecule has 1 amide bonds. The number of rotatable bonds is 4.